The van der Waals surface area contributed by atoms with Crippen LogP contribution in [-0.4, -0.2) is 17.1 Å². The van der Waals surface area contributed by atoms with E-state index in [0.29, 0.717) is 12.1 Å². The van der Waals surface area contributed by atoms with Gasteiger partial charge in [0.25, 0.3) is 0 Å². The first-order valence-corrected chi connectivity index (χ1v) is 9.20. The second-order valence-electron chi connectivity index (χ2n) is 7.55. The van der Waals surface area contributed by atoms with Crippen LogP contribution in [0, 0.1) is 0 Å². The molecule has 2 unspecified atom stereocenters. The lowest BCUT2D eigenvalue weighted by Gasteiger charge is -2.38. The van der Waals surface area contributed by atoms with Gasteiger partial charge in [-0.1, -0.05) is 47.7 Å². The fraction of sp³-hybridized carbons (Fsp3) is 0.429. The quantitative estimate of drug-likeness (QED) is 0.747. The smallest absolute Gasteiger partial charge is 0.124 e. The van der Waals surface area contributed by atoms with E-state index >= 15 is 0 Å². The van der Waals surface area contributed by atoms with Crippen molar-refractivity contribution in [2.45, 2.75) is 58.4 Å². The normalized spacial score (nSPS) is 21.8. The highest BCUT2D eigenvalue weighted by Crippen LogP contribution is 2.48. The lowest BCUT2D eigenvalue weighted by Crippen LogP contribution is -2.36. The number of benzene rings is 2. The predicted octanol–water partition coefficient (Wildman–Crippen LogP) is 5.29. The van der Waals surface area contributed by atoms with E-state index in [1.807, 2.05) is 0 Å². The third-order valence-electron chi connectivity index (χ3n) is 5.30. The molecule has 0 spiro atoms. The van der Waals surface area contributed by atoms with E-state index in [4.69, 9.17) is 5.11 Å². The summed E-state index contributed by atoms with van der Waals surface area (Å²) in [5, 5.41) is 11.4. The van der Waals surface area contributed by atoms with Crippen molar-refractivity contribution in [2.24, 2.45) is 10.3 Å². The summed E-state index contributed by atoms with van der Waals surface area (Å²) < 4.78 is 0. The summed E-state index contributed by atoms with van der Waals surface area (Å²) in [6.07, 6.45) is 0. The third kappa shape index (κ3) is 2.60. The van der Waals surface area contributed by atoms with Crippen LogP contribution in [0.5, 0.6) is 0 Å². The molecule has 2 aliphatic heterocycles. The van der Waals surface area contributed by atoms with Crippen molar-refractivity contribution in [1.82, 2.24) is 5.01 Å². The summed E-state index contributed by atoms with van der Waals surface area (Å²) in [5.74, 6) is 0. The van der Waals surface area contributed by atoms with Crippen molar-refractivity contribution in [3.63, 3.8) is 0 Å². The van der Waals surface area contributed by atoms with Crippen molar-refractivity contribution in [3.05, 3.63) is 65.2 Å². The van der Waals surface area contributed by atoms with Gasteiger partial charge in [-0.05, 0) is 44.9 Å². The lowest BCUT2D eigenvalue weighted by molar-refractivity contribution is 0.174. The van der Waals surface area contributed by atoms with Gasteiger partial charge < -0.3 is 4.90 Å². The monoisotopic (exact) mass is 334 g/mol. The van der Waals surface area contributed by atoms with E-state index in [1.165, 1.54) is 22.4 Å². The Balaban J connectivity index is 1.95. The van der Waals surface area contributed by atoms with Gasteiger partial charge in [-0.2, -0.15) is 5.11 Å². The van der Waals surface area contributed by atoms with Gasteiger partial charge in [0.1, 0.15) is 12.1 Å². The Morgan fingerprint density at radius 2 is 1.56 bits per heavy atom. The second kappa shape index (κ2) is 6.17. The highest BCUT2D eigenvalue weighted by molar-refractivity contribution is 5.59. The number of para-hydroxylation sites is 1. The molecule has 2 aromatic rings. The Hall–Kier alpha value is -2.36. The first-order valence-electron chi connectivity index (χ1n) is 9.20. The van der Waals surface area contributed by atoms with Crippen LogP contribution in [-0.2, 0) is 6.54 Å². The van der Waals surface area contributed by atoms with Crippen molar-refractivity contribution >= 4 is 5.69 Å². The van der Waals surface area contributed by atoms with Gasteiger partial charge in [-0.15, -0.1) is 0 Å². The molecule has 0 fully saturated rings. The van der Waals surface area contributed by atoms with E-state index in [1.54, 1.807) is 0 Å². The molecule has 0 N–H and O–H groups in total. The molecule has 130 valence electrons. The van der Waals surface area contributed by atoms with Gasteiger partial charge in [-0.3, -0.25) is 5.01 Å². The van der Waals surface area contributed by atoms with Crippen molar-refractivity contribution < 1.29 is 0 Å². The molecule has 25 heavy (non-hydrogen) atoms. The number of anilines is 1. The average molecular weight is 334 g/mol. The Kier molecular flexibility index (Phi) is 3.98. The maximum absolute atomic E-state index is 4.70. The molecule has 2 aliphatic rings. The first kappa shape index (κ1) is 16.1. The van der Waals surface area contributed by atoms with Crippen molar-refractivity contribution in [2.75, 3.05) is 4.90 Å². The standard InChI is InChI=1S/C21H26N4/c1-14(2)24-13-16-9-5-6-10-17(16)20-21(25(15(3)4)23-22-20)18-11-7-8-12-19(18)24/h5-12,14-15,20-21H,13H2,1-4H3. The van der Waals surface area contributed by atoms with Crippen LogP contribution in [0.1, 0.15) is 56.5 Å². The zero-order valence-electron chi connectivity index (χ0n) is 15.4. The molecule has 4 heteroatoms. The third-order valence-corrected chi connectivity index (χ3v) is 5.30. The largest absolute Gasteiger partial charge is 0.364 e. The molecule has 0 aliphatic carbocycles. The molecule has 2 atom stereocenters. The summed E-state index contributed by atoms with van der Waals surface area (Å²) in [4.78, 5) is 2.50. The fourth-order valence-electron chi connectivity index (χ4n) is 4.04. The molecule has 0 amide bonds. The van der Waals surface area contributed by atoms with Crippen molar-refractivity contribution in [1.29, 1.82) is 0 Å². The number of hydrogen-bond acceptors (Lipinski definition) is 4. The SMILES string of the molecule is CC(C)N1Cc2ccccc2C2N=NN(C(C)C)C2c2ccccc21. The Bertz CT molecular complexity index is 796. The number of rotatable bonds is 2. The van der Waals surface area contributed by atoms with E-state index < -0.39 is 0 Å². The van der Waals surface area contributed by atoms with Gasteiger partial charge in [0, 0.05) is 29.9 Å². The van der Waals surface area contributed by atoms with Crippen LogP contribution in [0.2, 0.25) is 0 Å². The van der Waals surface area contributed by atoms with E-state index in [2.05, 4.69) is 91.4 Å². The second-order valence-corrected chi connectivity index (χ2v) is 7.55. The molecule has 0 bridgehead atoms. The van der Waals surface area contributed by atoms with Gasteiger partial charge in [0.15, 0.2) is 0 Å². The minimum absolute atomic E-state index is 0.0639. The molecule has 2 aromatic carbocycles. The molecular formula is C21H26N4. The molecule has 0 saturated carbocycles. The van der Waals surface area contributed by atoms with Gasteiger partial charge in [0.05, 0.1) is 0 Å². The topological polar surface area (TPSA) is 31.2 Å². The number of fused-ring (bicyclic) bond motifs is 5. The Labute approximate surface area is 150 Å². The number of nitrogens with zero attached hydrogens (tertiary/aromatic N) is 4. The summed E-state index contributed by atoms with van der Waals surface area (Å²) in [5.41, 5.74) is 5.29. The van der Waals surface area contributed by atoms with E-state index in [9.17, 15) is 0 Å². The molecule has 0 saturated heterocycles. The van der Waals surface area contributed by atoms with Crippen LogP contribution in [0.3, 0.4) is 0 Å². The zero-order chi connectivity index (χ0) is 17.6. The maximum Gasteiger partial charge on any atom is 0.124 e. The predicted molar refractivity (Wildman–Crippen MR) is 102 cm³/mol. The van der Waals surface area contributed by atoms with Gasteiger partial charge in [-0.25, -0.2) is 0 Å². The van der Waals surface area contributed by atoms with Crippen LogP contribution < -0.4 is 4.90 Å². The molecule has 0 radical (unpaired) electrons. The average Bonchev–Trinajstić information content (AvgIpc) is 3.03. The summed E-state index contributed by atoms with van der Waals surface area (Å²) in [7, 11) is 0. The van der Waals surface area contributed by atoms with Gasteiger partial charge >= 0.3 is 0 Å². The highest BCUT2D eigenvalue weighted by Gasteiger charge is 2.40. The molecule has 0 aromatic heterocycles. The summed E-state index contributed by atoms with van der Waals surface area (Å²) >= 11 is 0. The minimum Gasteiger partial charge on any atom is -0.364 e. The van der Waals surface area contributed by atoms with E-state index in [0.717, 1.165) is 6.54 Å². The lowest BCUT2D eigenvalue weighted by atomic mass is 9.87. The summed E-state index contributed by atoms with van der Waals surface area (Å²) in [6.45, 7) is 9.82. The van der Waals surface area contributed by atoms with Crippen molar-refractivity contribution in [3.8, 4) is 0 Å². The minimum atomic E-state index is 0.0639. The number of hydrogen-bond donors (Lipinski definition) is 0. The van der Waals surface area contributed by atoms with Crippen LogP contribution in [0.4, 0.5) is 5.69 Å². The van der Waals surface area contributed by atoms with Crippen LogP contribution >= 0.6 is 0 Å². The maximum atomic E-state index is 4.70. The molecule has 4 rings (SSSR count). The van der Waals surface area contributed by atoms with Crippen LogP contribution in [0.15, 0.2) is 58.9 Å². The molecule has 2 heterocycles. The molecular weight excluding hydrogens is 308 g/mol. The zero-order valence-corrected chi connectivity index (χ0v) is 15.4. The van der Waals surface area contributed by atoms with E-state index in [-0.39, 0.29) is 12.1 Å². The Morgan fingerprint density at radius 3 is 2.28 bits per heavy atom. The molecule has 4 nitrogen and oxygen atoms in total. The fourth-order valence-corrected chi connectivity index (χ4v) is 4.04. The van der Waals surface area contributed by atoms with Gasteiger partial charge in [0.2, 0.25) is 0 Å². The highest BCUT2D eigenvalue weighted by atomic mass is 15.6. The first-order chi connectivity index (χ1) is 12.1. The summed E-state index contributed by atoms with van der Waals surface area (Å²) in [6, 6.07) is 18.4. The van der Waals surface area contributed by atoms with Crippen LogP contribution in [0.25, 0.3) is 0 Å². The Morgan fingerprint density at radius 1 is 0.880 bits per heavy atom.